The van der Waals surface area contributed by atoms with Gasteiger partial charge in [-0.3, -0.25) is 4.79 Å². The highest BCUT2D eigenvalue weighted by Gasteiger charge is 2.09. The van der Waals surface area contributed by atoms with Crippen LogP contribution >= 0.6 is 11.3 Å². The van der Waals surface area contributed by atoms with Crippen LogP contribution in [0.1, 0.15) is 39.5 Å². The van der Waals surface area contributed by atoms with Gasteiger partial charge in [-0.2, -0.15) is 0 Å². The number of Topliss-reactive ketones (excluding diaryl/α,β-unsaturated/α-hetero) is 1. The summed E-state index contributed by atoms with van der Waals surface area (Å²) in [5, 5.41) is 3.00. The molecule has 2 aromatic rings. The quantitative estimate of drug-likeness (QED) is 0.781. The summed E-state index contributed by atoms with van der Waals surface area (Å²) in [7, 11) is 0. The Bertz CT molecular complexity index is 563. The number of nitrogens with zero attached hydrogens (tertiary/aromatic N) is 3. The van der Waals surface area contributed by atoms with Gasteiger partial charge in [-0.25, -0.2) is 15.0 Å². The predicted molar refractivity (Wildman–Crippen MR) is 66.4 cm³/mol. The first-order valence-corrected chi connectivity index (χ1v) is 6.18. The minimum absolute atomic E-state index is 0.000793. The third-order valence-electron chi connectivity index (χ3n) is 2.38. The predicted octanol–water partition coefficient (Wildman–Crippen LogP) is 2.34. The van der Waals surface area contributed by atoms with Gasteiger partial charge in [0.05, 0.1) is 17.7 Å². The summed E-state index contributed by atoms with van der Waals surface area (Å²) < 4.78 is 0. The minimum Gasteiger partial charge on any atom is -0.294 e. The van der Waals surface area contributed by atoms with Crippen molar-refractivity contribution >= 4 is 17.1 Å². The van der Waals surface area contributed by atoms with Crippen LogP contribution in [0.5, 0.6) is 0 Å². The highest BCUT2D eigenvalue weighted by molar-refractivity contribution is 7.09. The Kier molecular flexibility index (Phi) is 3.28. The van der Waals surface area contributed by atoms with Crippen LogP contribution in [0.4, 0.5) is 0 Å². The summed E-state index contributed by atoms with van der Waals surface area (Å²) in [4.78, 5) is 24.1. The molecular formula is C12H13N3OS. The van der Waals surface area contributed by atoms with E-state index in [9.17, 15) is 4.79 Å². The van der Waals surface area contributed by atoms with Crippen molar-refractivity contribution in [2.75, 3.05) is 0 Å². The number of hydrogen-bond donors (Lipinski definition) is 0. The molecule has 0 fully saturated rings. The lowest BCUT2D eigenvalue weighted by atomic mass is 10.2. The first-order valence-electron chi connectivity index (χ1n) is 5.30. The Balaban J connectivity index is 2.23. The van der Waals surface area contributed by atoms with Crippen LogP contribution in [0.15, 0.2) is 11.6 Å². The fourth-order valence-electron chi connectivity index (χ4n) is 1.57. The van der Waals surface area contributed by atoms with E-state index in [0.717, 1.165) is 16.4 Å². The fourth-order valence-corrected chi connectivity index (χ4v) is 2.33. The third-order valence-corrected chi connectivity index (χ3v) is 3.35. The number of rotatable bonds is 3. The molecule has 0 atom stereocenters. The standard InChI is InChI=1S/C12H13N3OS/c1-7-6-17-12(14-7)4-11-13-5-10(9(3)16)8(2)15-11/h5-6H,4H2,1-3H3. The topological polar surface area (TPSA) is 55.7 Å². The summed E-state index contributed by atoms with van der Waals surface area (Å²) in [6, 6.07) is 0. The van der Waals surface area contributed by atoms with Crippen LogP contribution < -0.4 is 0 Å². The maximum atomic E-state index is 11.2. The highest BCUT2D eigenvalue weighted by atomic mass is 32.1. The second-order valence-corrected chi connectivity index (χ2v) is 4.84. The lowest BCUT2D eigenvalue weighted by molar-refractivity contribution is 0.101. The lowest BCUT2D eigenvalue weighted by Crippen LogP contribution is -2.04. The normalized spacial score (nSPS) is 10.5. The smallest absolute Gasteiger partial charge is 0.163 e. The van der Waals surface area contributed by atoms with Gasteiger partial charge in [0.1, 0.15) is 10.8 Å². The minimum atomic E-state index is -0.000793. The summed E-state index contributed by atoms with van der Waals surface area (Å²) in [5.74, 6) is 0.709. The van der Waals surface area contributed by atoms with Gasteiger partial charge in [0, 0.05) is 17.3 Å². The molecule has 0 saturated carbocycles. The molecule has 0 unspecified atom stereocenters. The summed E-state index contributed by atoms with van der Waals surface area (Å²) >= 11 is 1.60. The van der Waals surface area contributed by atoms with Crippen LogP contribution in [0.25, 0.3) is 0 Å². The van der Waals surface area contributed by atoms with E-state index >= 15 is 0 Å². The van der Waals surface area contributed by atoms with E-state index in [0.29, 0.717) is 17.8 Å². The average Bonchev–Trinajstić information content (AvgIpc) is 2.63. The van der Waals surface area contributed by atoms with Crippen molar-refractivity contribution in [2.24, 2.45) is 0 Å². The van der Waals surface area contributed by atoms with Crippen molar-refractivity contribution in [1.29, 1.82) is 0 Å². The third kappa shape index (κ3) is 2.74. The molecule has 0 aromatic carbocycles. The van der Waals surface area contributed by atoms with E-state index in [-0.39, 0.29) is 5.78 Å². The largest absolute Gasteiger partial charge is 0.294 e. The number of ketones is 1. The van der Waals surface area contributed by atoms with Gasteiger partial charge in [-0.15, -0.1) is 11.3 Å². The number of carbonyl (C=O) groups excluding carboxylic acids is 1. The van der Waals surface area contributed by atoms with Gasteiger partial charge < -0.3 is 0 Å². The molecule has 2 aromatic heterocycles. The van der Waals surface area contributed by atoms with Crippen molar-refractivity contribution in [3.63, 3.8) is 0 Å². The van der Waals surface area contributed by atoms with Gasteiger partial charge in [-0.05, 0) is 20.8 Å². The van der Waals surface area contributed by atoms with Gasteiger partial charge in [0.25, 0.3) is 0 Å². The second kappa shape index (κ2) is 4.71. The van der Waals surface area contributed by atoms with Crippen molar-refractivity contribution in [3.05, 3.63) is 39.4 Å². The van der Waals surface area contributed by atoms with Gasteiger partial charge in [0.15, 0.2) is 5.78 Å². The van der Waals surface area contributed by atoms with Crippen molar-refractivity contribution in [1.82, 2.24) is 15.0 Å². The van der Waals surface area contributed by atoms with Gasteiger partial charge in [0.2, 0.25) is 0 Å². The second-order valence-electron chi connectivity index (χ2n) is 3.90. The molecule has 0 saturated heterocycles. The molecule has 0 aliphatic carbocycles. The SMILES string of the molecule is CC(=O)c1cnc(Cc2nc(C)cs2)nc1C. The molecule has 4 nitrogen and oxygen atoms in total. The Morgan fingerprint density at radius 3 is 2.65 bits per heavy atom. The molecule has 2 rings (SSSR count). The zero-order chi connectivity index (χ0) is 12.4. The molecule has 0 amide bonds. The zero-order valence-corrected chi connectivity index (χ0v) is 10.8. The number of thiazole rings is 1. The fraction of sp³-hybridized carbons (Fsp3) is 0.333. The van der Waals surface area contributed by atoms with Crippen LogP contribution in [0.2, 0.25) is 0 Å². The molecule has 17 heavy (non-hydrogen) atoms. The molecule has 0 aliphatic rings. The van der Waals surface area contributed by atoms with E-state index in [2.05, 4.69) is 15.0 Å². The molecular weight excluding hydrogens is 234 g/mol. The first-order chi connectivity index (χ1) is 8.06. The maximum absolute atomic E-state index is 11.2. The Morgan fingerprint density at radius 1 is 1.35 bits per heavy atom. The van der Waals surface area contributed by atoms with Crippen molar-refractivity contribution in [3.8, 4) is 0 Å². The molecule has 0 aliphatic heterocycles. The van der Waals surface area contributed by atoms with Gasteiger partial charge >= 0.3 is 0 Å². The number of hydrogen-bond acceptors (Lipinski definition) is 5. The van der Waals surface area contributed by atoms with E-state index < -0.39 is 0 Å². The van der Waals surface area contributed by atoms with Crippen LogP contribution in [0, 0.1) is 13.8 Å². The average molecular weight is 247 g/mol. The molecule has 2 heterocycles. The molecule has 88 valence electrons. The molecule has 5 heteroatoms. The molecule has 0 radical (unpaired) electrons. The lowest BCUT2D eigenvalue weighted by Gasteiger charge is -2.02. The van der Waals surface area contributed by atoms with Crippen molar-refractivity contribution < 1.29 is 4.79 Å². The van der Waals surface area contributed by atoms with Crippen LogP contribution in [0.3, 0.4) is 0 Å². The Labute approximate surface area is 104 Å². The van der Waals surface area contributed by atoms with Crippen LogP contribution in [-0.4, -0.2) is 20.7 Å². The first kappa shape index (κ1) is 11.9. The molecule has 0 N–H and O–H groups in total. The van der Waals surface area contributed by atoms with E-state index in [4.69, 9.17) is 0 Å². The summed E-state index contributed by atoms with van der Waals surface area (Å²) in [6.45, 7) is 5.32. The van der Waals surface area contributed by atoms with E-state index in [1.165, 1.54) is 6.92 Å². The van der Waals surface area contributed by atoms with E-state index in [1.54, 1.807) is 17.5 Å². The molecule has 0 bridgehead atoms. The number of aryl methyl sites for hydroxylation is 2. The molecule has 0 spiro atoms. The van der Waals surface area contributed by atoms with E-state index in [1.807, 2.05) is 19.2 Å². The number of carbonyl (C=O) groups is 1. The summed E-state index contributed by atoms with van der Waals surface area (Å²) in [6.07, 6.45) is 2.22. The number of aromatic nitrogens is 3. The maximum Gasteiger partial charge on any atom is 0.163 e. The van der Waals surface area contributed by atoms with Crippen LogP contribution in [-0.2, 0) is 6.42 Å². The Hall–Kier alpha value is -1.62. The monoisotopic (exact) mass is 247 g/mol. The Morgan fingerprint density at radius 2 is 2.12 bits per heavy atom. The highest BCUT2D eigenvalue weighted by Crippen LogP contribution is 2.13. The zero-order valence-electron chi connectivity index (χ0n) is 10.0. The summed E-state index contributed by atoms with van der Waals surface area (Å²) in [5.41, 5.74) is 2.34. The van der Waals surface area contributed by atoms with Crippen molar-refractivity contribution in [2.45, 2.75) is 27.2 Å². The van der Waals surface area contributed by atoms with Gasteiger partial charge in [-0.1, -0.05) is 0 Å².